The van der Waals surface area contributed by atoms with Gasteiger partial charge in [-0.25, -0.2) is 17.1 Å². The molecule has 0 unspecified atom stereocenters. The highest BCUT2D eigenvalue weighted by molar-refractivity contribution is 7.89. The highest BCUT2D eigenvalue weighted by Crippen LogP contribution is 2.44. The van der Waals surface area contributed by atoms with Crippen LogP contribution in [-0.2, 0) is 26.0 Å². The number of carbonyl (C=O) groups is 2. The van der Waals surface area contributed by atoms with Gasteiger partial charge in [-0.15, -0.1) is 0 Å². The summed E-state index contributed by atoms with van der Waals surface area (Å²) in [6, 6.07) is 5.96. The van der Waals surface area contributed by atoms with Crippen molar-refractivity contribution in [2.45, 2.75) is 13.3 Å². The first kappa shape index (κ1) is 18.8. The Morgan fingerprint density at radius 1 is 1.27 bits per heavy atom. The Labute approximate surface area is 151 Å². The predicted octanol–water partition coefficient (Wildman–Crippen LogP) is 0.563. The second-order valence-corrected chi connectivity index (χ2v) is 9.15. The van der Waals surface area contributed by atoms with Gasteiger partial charge in [0.25, 0.3) is 0 Å². The first-order valence-corrected chi connectivity index (χ1v) is 10.0. The smallest absolute Gasteiger partial charge is 0.313 e. The van der Waals surface area contributed by atoms with E-state index in [1.807, 2.05) is 0 Å². The van der Waals surface area contributed by atoms with Crippen LogP contribution in [0.1, 0.15) is 12.5 Å². The van der Waals surface area contributed by atoms with E-state index in [0.717, 1.165) is 0 Å². The molecule has 2 saturated heterocycles. The van der Waals surface area contributed by atoms with Gasteiger partial charge in [-0.3, -0.25) is 9.59 Å². The minimum absolute atomic E-state index is 0.0595. The highest BCUT2D eigenvalue weighted by Gasteiger charge is 2.60. The molecular formula is C17H21FN2O5S. The second-order valence-electron chi connectivity index (χ2n) is 6.89. The molecule has 0 bridgehead atoms. The van der Waals surface area contributed by atoms with Crippen molar-refractivity contribution in [3.8, 4) is 0 Å². The number of carboxylic acids is 1. The minimum Gasteiger partial charge on any atom is -0.481 e. The molecule has 2 aliphatic heterocycles. The first-order valence-electron chi connectivity index (χ1n) is 8.42. The lowest BCUT2D eigenvalue weighted by atomic mass is 9.81. The lowest BCUT2D eigenvalue weighted by molar-refractivity contribution is -0.148. The van der Waals surface area contributed by atoms with Crippen molar-refractivity contribution >= 4 is 21.9 Å². The zero-order valence-corrected chi connectivity index (χ0v) is 15.2. The van der Waals surface area contributed by atoms with Crippen LogP contribution in [0, 0.1) is 17.2 Å². The summed E-state index contributed by atoms with van der Waals surface area (Å²) in [6.07, 6.45) is -0.147. The van der Waals surface area contributed by atoms with E-state index >= 15 is 0 Å². The molecule has 0 aliphatic carbocycles. The van der Waals surface area contributed by atoms with Crippen molar-refractivity contribution in [3.63, 3.8) is 0 Å². The molecule has 2 heterocycles. The van der Waals surface area contributed by atoms with Crippen LogP contribution in [0.5, 0.6) is 0 Å². The van der Waals surface area contributed by atoms with Crippen LogP contribution in [0.25, 0.3) is 0 Å². The zero-order valence-electron chi connectivity index (χ0n) is 14.4. The number of likely N-dealkylation sites (tertiary alicyclic amines) is 1. The maximum Gasteiger partial charge on any atom is 0.313 e. The fourth-order valence-electron chi connectivity index (χ4n) is 3.82. The third-order valence-electron chi connectivity index (χ3n) is 5.41. The van der Waals surface area contributed by atoms with Crippen LogP contribution >= 0.6 is 0 Å². The maximum atomic E-state index is 13.8. The SMILES string of the molecule is CCS(=O)(=O)N1C[C@H]2CN(C(=O)Cc3ccccc3F)C[C@@]2(C(=O)O)C1. The van der Waals surface area contributed by atoms with E-state index in [2.05, 4.69) is 0 Å². The Morgan fingerprint density at radius 2 is 1.96 bits per heavy atom. The Morgan fingerprint density at radius 3 is 2.54 bits per heavy atom. The van der Waals surface area contributed by atoms with Gasteiger partial charge >= 0.3 is 5.97 Å². The number of halogens is 1. The lowest BCUT2D eigenvalue weighted by Gasteiger charge is -2.25. The van der Waals surface area contributed by atoms with Gasteiger partial charge in [0.15, 0.2) is 0 Å². The number of amides is 1. The topological polar surface area (TPSA) is 95.0 Å². The van der Waals surface area contributed by atoms with Crippen LogP contribution in [0.3, 0.4) is 0 Å². The molecule has 0 saturated carbocycles. The van der Waals surface area contributed by atoms with Gasteiger partial charge in [-0.05, 0) is 18.6 Å². The fraction of sp³-hybridized carbons (Fsp3) is 0.529. The van der Waals surface area contributed by atoms with Crippen LogP contribution in [0.4, 0.5) is 4.39 Å². The molecule has 0 radical (unpaired) electrons. The summed E-state index contributed by atoms with van der Waals surface area (Å²) in [6.45, 7) is 1.57. The van der Waals surface area contributed by atoms with Crippen molar-refractivity contribution < 1.29 is 27.5 Å². The van der Waals surface area contributed by atoms with Gasteiger partial charge in [0.2, 0.25) is 15.9 Å². The number of hydrogen-bond acceptors (Lipinski definition) is 4. The van der Waals surface area contributed by atoms with Crippen molar-refractivity contribution in [3.05, 3.63) is 35.6 Å². The molecular weight excluding hydrogens is 363 g/mol. The number of aliphatic carboxylic acids is 1. The molecule has 9 heteroatoms. The number of hydrogen-bond donors (Lipinski definition) is 1. The molecule has 1 aromatic rings. The normalized spacial score (nSPS) is 26.1. The van der Waals surface area contributed by atoms with Crippen molar-refractivity contribution in [1.29, 1.82) is 0 Å². The standard InChI is InChI=1S/C17H21FN2O5S/c1-2-26(24,25)20-9-13-8-19(10-17(13,11-20)16(22)23)15(21)7-12-5-3-4-6-14(12)18/h3-6,13H,2,7-11H2,1H3,(H,22,23)/t13-,17-/m1/s1. The number of nitrogens with zero attached hydrogens (tertiary/aromatic N) is 2. The Kier molecular flexibility index (Phi) is 4.78. The van der Waals surface area contributed by atoms with E-state index < -0.39 is 33.1 Å². The Balaban J connectivity index is 1.77. The number of benzene rings is 1. The fourth-order valence-corrected chi connectivity index (χ4v) is 5.02. The van der Waals surface area contributed by atoms with Crippen molar-refractivity contribution in [2.75, 3.05) is 31.9 Å². The largest absolute Gasteiger partial charge is 0.481 e. The summed E-state index contributed by atoms with van der Waals surface area (Å²) < 4.78 is 39.2. The highest BCUT2D eigenvalue weighted by atomic mass is 32.2. The third-order valence-corrected chi connectivity index (χ3v) is 7.21. The van der Waals surface area contributed by atoms with Crippen LogP contribution in [0.15, 0.2) is 24.3 Å². The average molecular weight is 384 g/mol. The molecule has 7 nitrogen and oxygen atoms in total. The molecule has 0 aromatic heterocycles. The van der Waals surface area contributed by atoms with E-state index in [1.54, 1.807) is 6.07 Å². The quantitative estimate of drug-likeness (QED) is 0.801. The molecule has 2 aliphatic rings. The number of carbonyl (C=O) groups excluding carboxylic acids is 1. The summed E-state index contributed by atoms with van der Waals surface area (Å²) in [4.78, 5) is 25.9. The van der Waals surface area contributed by atoms with Crippen LogP contribution < -0.4 is 0 Å². The third kappa shape index (κ3) is 3.09. The molecule has 1 aromatic carbocycles. The van der Waals surface area contributed by atoms with Crippen molar-refractivity contribution in [1.82, 2.24) is 9.21 Å². The summed E-state index contributed by atoms with van der Waals surface area (Å²) in [5.74, 6) is -2.49. The van der Waals surface area contributed by atoms with Crippen molar-refractivity contribution in [2.24, 2.45) is 11.3 Å². The second kappa shape index (κ2) is 6.62. The summed E-state index contributed by atoms with van der Waals surface area (Å²) in [5, 5.41) is 9.74. The minimum atomic E-state index is -3.49. The summed E-state index contributed by atoms with van der Waals surface area (Å²) in [5.41, 5.74) is -1.04. The van der Waals surface area contributed by atoms with Gasteiger partial charge in [-0.2, -0.15) is 0 Å². The van der Waals surface area contributed by atoms with E-state index in [1.165, 1.54) is 34.3 Å². The molecule has 142 valence electrons. The zero-order chi connectivity index (χ0) is 19.1. The molecule has 2 fully saturated rings. The number of rotatable bonds is 5. The van der Waals surface area contributed by atoms with Gasteiger partial charge in [-0.1, -0.05) is 18.2 Å². The average Bonchev–Trinajstić information content (AvgIpc) is 3.13. The number of fused-ring (bicyclic) bond motifs is 1. The van der Waals surface area contributed by atoms with Gasteiger partial charge in [0, 0.05) is 32.1 Å². The maximum absolute atomic E-state index is 13.8. The molecule has 0 spiro atoms. The number of sulfonamides is 1. The summed E-state index contributed by atoms with van der Waals surface area (Å²) >= 11 is 0. The molecule has 3 rings (SSSR count). The predicted molar refractivity (Wildman–Crippen MR) is 91.3 cm³/mol. The van der Waals surface area contributed by atoms with Crippen LogP contribution in [-0.4, -0.2) is 66.5 Å². The van der Waals surface area contributed by atoms with E-state index in [-0.39, 0.29) is 49.8 Å². The van der Waals surface area contributed by atoms with E-state index in [9.17, 15) is 27.5 Å². The summed E-state index contributed by atoms with van der Waals surface area (Å²) in [7, 11) is -3.49. The van der Waals surface area contributed by atoms with Gasteiger partial charge in [0.05, 0.1) is 12.2 Å². The van der Waals surface area contributed by atoms with E-state index in [0.29, 0.717) is 0 Å². The van der Waals surface area contributed by atoms with Crippen LogP contribution in [0.2, 0.25) is 0 Å². The molecule has 1 amide bonds. The molecule has 2 atom stereocenters. The lowest BCUT2D eigenvalue weighted by Crippen LogP contribution is -2.43. The van der Waals surface area contributed by atoms with E-state index in [4.69, 9.17) is 0 Å². The van der Waals surface area contributed by atoms with Gasteiger partial charge < -0.3 is 10.0 Å². The monoisotopic (exact) mass is 384 g/mol. The van der Waals surface area contributed by atoms with Gasteiger partial charge in [0.1, 0.15) is 11.2 Å². The number of carboxylic acid groups (broad SMARTS) is 1. The molecule has 26 heavy (non-hydrogen) atoms. The molecule has 1 N–H and O–H groups in total. The first-order chi connectivity index (χ1) is 12.2. The Bertz CT molecular complexity index is 843. The Hall–Kier alpha value is -2.00.